The van der Waals surface area contributed by atoms with Crippen molar-refractivity contribution in [3.63, 3.8) is 0 Å². The Hall–Kier alpha value is -1.55. The summed E-state index contributed by atoms with van der Waals surface area (Å²) in [4.78, 5) is 13.9. The van der Waals surface area contributed by atoms with E-state index < -0.39 is 0 Å². The maximum Gasteiger partial charge on any atom is 0.220 e. The predicted molar refractivity (Wildman–Crippen MR) is 81.1 cm³/mol. The van der Waals surface area contributed by atoms with Crippen molar-refractivity contribution in [2.75, 3.05) is 37.7 Å². The van der Waals surface area contributed by atoms with Gasteiger partial charge in [0.15, 0.2) is 0 Å². The van der Waals surface area contributed by atoms with E-state index in [1.165, 1.54) is 11.3 Å². The zero-order valence-corrected chi connectivity index (χ0v) is 12.2. The van der Waals surface area contributed by atoms with Gasteiger partial charge in [-0.05, 0) is 30.5 Å². The van der Waals surface area contributed by atoms with Crippen molar-refractivity contribution in [1.29, 1.82) is 0 Å². The fourth-order valence-corrected chi connectivity index (χ4v) is 2.31. The molecule has 1 aliphatic rings. The smallest absolute Gasteiger partial charge is 0.220 e. The average Bonchev–Trinajstić information content (AvgIpc) is 2.52. The highest BCUT2D eigenvalue weighted by Gasteiger charge is 2.10. The Morgan fingerprint density at radius 3 is 2.60 bits per heavy atom. The lowest BCUT2D eigenvalue weighted by atomic mass is 10.1. The van der Waals surface area contributed by atoms with Crippen LogP contribution in [0.25, 0.3) is 0 Å². The zero-order valence-electron chi connectivity index (χ0n) is 12.2. The second-order valence-corrected chi connectivity index (χ2v) is 5.12. The first-order valence-electron chi connectivity index (χ1n) is 7.48. The van der Waals surface area contributed by atoms with Crippen molar-refractivity contribution >= 4 is 11.6 Å². The largest absolute Gasteiger partial charge is 0.378 e. The van der Waals surface area contributed by atoms with Crippen LogP contribution in [-0.2, 0) is 16.0 Å². The van der Waals surface area contributed by atoms with E-state index in [0.717, 1.165) is 45.7 Å². The second-order valence-electron chi connectivity index (χ2n) is 5.12. The summed E-state index contributed by atoms with van der Waals surface area (Å²) in [6.45, 7) is 6.36. The number of nitrogens with one attached hydrogen (secondary N) is 1. The molecule has 1 aromatic rings. The monoisotopic (exact) mass is 276 g/mol. The van der Waals surface area contributed by atoms with E-state index in [9.17, 15) is 4.79 Å². The van der Waals surface area contributed by atoms with Gasteiger partial charge in [0.05, 0.1) is 13.2 Å². The number of aryl methyl sites for hydroxylation is 1. The lowest BCUT2D eigenvalue weighted by Gasteiger charge is -2.28. The normalized spacial score (nSPS) is 15.2. The van der Waals surface area contributed by atoms with Gasteiger partial charge in [0, 0.05) is 31.7 Å². The summed E-state index contributed by atoms with van der Waals surface area (Å²) in [5, 5.41) is 2.90. The van der Waals surface area contributed by atoms with Gasteiger partial charge in [-0.15, -0.1) is 0 Å². The first kappa shape index (κ1) is 14.9. The van der Waals surface area contributed by atoms with E-state index in [1.54, 1.807) is 0 Å². The van der Waals surface area contributed by atoms with Crippen molar-refractivity contribution in [2.24, 2.45) is 0 Å². The van der Waals surface area contributed by atoms with Crippen molar-refractivity contribution in [3.8, 4) is 0 Å². The molecule has 2 rings (SSSR count). The molecule has 1 heterocycles. The molecule has 1 aromatic carbocycles. The Kier molecular flexibility index (Phi) is 5.87. The zero-order chi connectivity index (χ0) is 14.2. The molecule has 0 radical (unpaired) electrons. The molecular formula is C16H24N2O2. The number of benzene rings is 1. The van der Waals surface area contributed by atoms with E-state index in [4.69, 9.17) is 4.74 Å². The van der Waals surface area contributed by atoms with E-state index in [1.807, 2.05) is 0 Å². The molecule has 0 atom stereocenters. The van der Waals surface area contributed by atoms with Gasteiger partial charge in [0.1, 0.15) is 0 Å². The minimum absolute atomic E-state index is 0.143. The molecule has 0 unspecified atom stereocenters. The van der Waals surface area contributed by atoms with E-state index in [2.05, 4.69) is 41.4 Å². The number of morpholine rings is 1. The molecular weight excluding hydrogens is 252 g/mol. The van der Waals surface area contributed by atoms with Gasteiger partial charge < -0.3 is 15.0 Å². The second kappa shape index (κ2) is 7.90. The topological polar surface area (TPSA) is 41.6 Å². The molecule has 0 bridgehead atoms. The number of anilines is 1. The number of amides is 1. The number of hydrogen-bond donors (Lipinski definition) is 1. The minimum Gasteiger partial charge on any atom is -0.378 e. The number of rotatable bonds is 6. The van der Waals surface area contributed by atoms with Gasteiger partial charge in [-0.1, -0.05) is 19.1 Å². The fraction of sp³-hybridized carbons (Fsp3) is 0.562. The highest BCUT2D eigenvalue weighted by Crippen LogP contribution is 2.17. The first-order valence-corrected chi connectivity index (χ1v) is 7.48. The lowest BCUT2D eigenvalue weighted by molar-refractivity contribution is -0.121. The number of carbonyl (C=O) groups is 1. The van der Waals surface area contributed by atoms with Crippen LogP contribution in [0.1, 0.15) is 25.3 Å². The summed E-state index contributed by atoms with van der Waals surface area (Å²) < 4.78 is 5.36. The van der Waals surface area contributed by atoms with Crippen LogP contribution in [-0.4, -0.2) is 38.8 Å². The Morgan fingerprint density at radius 2 is 1.95 bits per heavy atom. The molecule has 20 heavy (non-hydrogen) atoms. The minimum atomic E-state index is 0.143. The van der Waals surface area contributed by atoms with Crippen molar-refractivity contribution in [2.45, 2.75) is 26.2 Å². The maximum absolute atomic E-state index is 11.6. The fourth-order valence-electron chi connectivity index (χ4n) is 2.31. The molecule has 1 N–H and O–H groups in total. The number of carbonyl (C=O) groups excluding carboxylic acids is 1. The average molecular weight is 276 g/mol. The summed E-state index contributed by atoms with van der Waals surface area (Å²) in [6, 6.07) is 8.53. The van der Waals surface area contributed by atoms with Crippen molar-refractivity contribution < 1.29 is 9.53 Å². The molecule has 1 amide bonds. The predicted octanol–water partition coefficient (Wildman–Crippen LogP) is 1.98. The summed E-state index contributed by atoms with van der Waals surface area (Å²) in [6.07, 6.45) is 2.36. The molecule has 0 saturated carbocycles. The third kappa shape index (κ3) is 4.53. The Bertz CT molecular complexity index is 411. The molecule has 1 fully saturated rings. The van der Waals surface area contributed by atoms with Gasteiger partial charge in [-0.2, -0.15) is 0 Å². The van der Waals surface area contributed by atoms with Crippen LogP contribution in [0, 0.1) is 0 Å². The van der Waals surface area contributed by atoms with Crippen LogP contribution < -0.4 is 10.2 Å². The molecule has 0 spiro atoms. The van der Waals surface area contributed by atoms with Crippen LogP contribution in [0.3, 0.4) is 0 Å². The summed E-state index contributed by atoms with van der Waals surface area (Å²) in [7, 11) is 0. The number of ether oxygens (including phenoxy) is 1. The van der Waals surface area contributed by atoms with Gasteiger partial charge in [0.25, 0.3) is 0 Å². The molecule has 110 valence electrons. The van der Waals surface area contributed by atoms with Crippen LogP contribution >= 0.6 is 0 Å². The van der Waals surface area contributed by atoms with E-state index >= 15 is 0 Å². The summed E-state index contributed by atoms with van der Waals surface area (Å²) >= 11 is 0. The third-order valence-corrected chi connectivity index (χ3v) is 3.53. The van der Waals surface area contributed by atoms with Gasteiger partial charge in [-0.3, -0.25) is 4.79 Å². The lowest BCUT2D eigenvalue weighted by Crippen LogP contribution is -2.36. The number of nitrogens with zero attached hydrogens (tertiary/aromatic N) is 1. The molecule has 4 nitrogen and oxygen atoms in total. The summed E-state index contributed by atoms with van der Waals surface area (Å²) in [5.74, 6) is 0.143. The first-order chi connectivity index (χ1) is 9.79. The van der Waals surface area contributed by atoms with Gasteiger partial charge in [-0.25, -0.2) is 0 Å². The third-order valence-electron chi connectivity index (χ3n) is 3.53. The molecule has 0 aliphatic carbocycles. The van der Waals surface area contributed by atoms with E-state index in [-0.39, 0.29) is 5.91 Å². The SMILES string of the molecule is CCCNC(=O)CCc1ccc(N2CCOCC2)cc1. The van der Waals surface area contributed by atoms with E-state index in [0.29, 0.717) is 6.42 Å². The molecule has 0 aromatic heterocycles. The molecule has 1 aliphatic heterocycles. The quantitative estimate of drug-likeness (QED) is 0.864. The van der Waals surface area contributed by atoms with Crippen LogP contribution in [0.15, 0.2) is 24.3 Å². The van der Waals surface area contributed by atoms with Crippen LogP contribution in [0.5, 0.6) is 0 Å². The Morgan fingerprint density at radius 1 is 1.25 bits per heavy atom. The van der Waals surface area contributed by atoms with Crippen molar-refractivity contribution in [1.82, 2.24) is 5.32 Å². The molecule has 4 heteroatoms. The maximum atomic E-state index is 11.6. The Labute approximate surface area is 121 Å². The van der Waals surface area contributed by atoms with Crippen LogP contribution in [0.4, 0.5) is 5.69 Å². The van der Waals surface area contributed by atoms with Crippen molar-refractivity contribution in [3.05, 3.63) is 29.8 Å². The standard InChI is InChI=1S/C16H24N2O2/c1-2-9-17-16(19)8-5-14-3-6-15(7-4-14)18-10-12-20-13-11-18/h3-4,6-7H,2,5,8-13H2,1H3,(H,17,19). The highest BCUT2D eigenvalue weighted by atomic mass is 16.5. The van der Waals surface area contributed by atoms with Gasteiger partial charge in [0.2, 0.25) is 5.91 Å². The highest BCUT2D eigenvalue weighted by molar-refractivity contribution is 5.76. The van der Waals surface area contributed by atoms with Gasteiger partial charge >= 0.3 is 0 Å². The summed E-state index contributed by atoms with van der Waals surface area (Å²) in [5.41, 5.74) is 2.46. The number of hydrogen-bond acceptors (Lipinski definition) is 3. The van der Waals surface area contributed by atoms with Crippen LogP contribution in [0.2, 0.25) is 0 Å². The Balaban J connectivity index is 1.80. The molecule has 1 saturated heterocycles.